The van der Waals surface area contributed by atoms with E-state index in [2.05, 4.69) is 15.6 Å². The van der Waals surface area contributed by atoms with Crippen LogP contribution in [0.4, 0.5) is 0 Å². The van der Waals surface area contributed by atoms with Gasteiger partial charge in [-0.1, -0.05) is 0 Å². The smallest absolute Gasteiger partial charge is 0.224 e. The van der Waals surface area contributed by atoms with E-state index in [1.165, 1.54) is 0 Å². The van der Waals surface area contributed by atoms with E-state index in [0.717, 1.165) is 13.1 Å². The van der Waals surface area contributed by atoms with Crippen LogP contribution in [0.2, 0.25) is 0 Å². The molecule has 2 unspecified atom stereocenters. The molecule has 17 heavy (non-hydrogen) atoms. The van der Waals surface area contributed by atoms with Gasteiger partial charge in [-0.25, -0.2) is 4.99 Å². The lowest BCUT2D eigenvalue weighted by molar-refractivity contribution is -0.124. The molecule has 2 aliphatic rings. The first kappa shape index (κ1) is 12.1. The van der Waals surface area contributed by atoms with Crippen LogP contribution in [0.25, 0.3) is 0 Å². The van der Waals surface area contributed by atoms with Gasteiger partial charge in [0, 0.05) is 25.6 Å². The summed E-state index contributed by atoms with van der Waals surface area (Å²) in [5, 5.41) is 5.90. The van der Waals surface area contributed by atoms with Crippen LogP contribution >= 0.6 is 0 Å². The van der Waals surface area contributed by atoms with Gasteiger partial charge in [0.15, 0.2) is 12.2 Å². The van der Waals surface area contributed by atoms with Gasteiger partial charge in [-0.05, 0) is 6.92 Å². The first-order valence-electron chi connectivity index (χ1n) is 5.86. The summed E-state index contributed by atoms with van der Waals surface area (Å²) in [6.07, 6.45) is 0.0535. The van der Waals surface area contributed by atoms with Crippen LogP contribution in [0.3, 0.4) is 0 Å². The van der Waals surface area contributed by atoms with Crippen molar-refractivity contribution < 1.29 is 9.53 Å². The van der Waals surface area contributed by atoms with Crippen molar-refractivity contribution in [1.82, 2.24) is 15.5 Å². The predicted octanol–water partition coefficient (Wildman–Crippen LogP) is -1.59. The van der Waals surface area contributed by atoms with E-state index < -0.39 is 6.29 Å². The van der Waals surface area contributed by atoms with Crippen LogP contribution in [-0.2, 0) is 9.53 Å². The molecule has 2 heterocycles. The molecule has 0 aromatic heterocycles. The summed E-state index contributed by atoms with van der Waals surface area (Å²) in [5.74, 6) is 0.444. The molecule has 2 rings (SSSR count). The van der Waals surface area contributed by atoms with Crippen LogP contribution in [0.15, 0.2) is 4.99 Å². The Labute approximate surface area is 100 Å². The molecule has 0 bridgehead atoms. The minimum atomic E-state index is -0.422. The number of rotatable bonds is 1. The van der Waals surface area contributed by atoms with Crippen LogP contribution in [0.1, 0.15) is 13.3 Å². The molecule has 7 heteroatoms. The molecule has 2 fully saturated rings. The maximum Gasteiger partial charge on any atom is 0.224 e. The first-order chi connectivity index (χ1) is 8.15. The third-order valence-corrected chi connectivity index (χ3v) is 2.83. The van der Waals surface area contributed by atoms with Crippen molar-refractivity contribution in [3.63, 3.8) is 0 Å². The van der Waals surface area contributed by atoms with Crippen molar-refractivity contribution in [2.75, 3.05) is 26.3 Å². The monoisotopic (exact) mass is 241 g/mol. The van der Waals surface area contributed by atoms with E-state index in [-0.39, 0.29) is 11.9 Å². The molecule has 1 amide bonds. The predicted molar refractivity (Wildman–Crippen MR) is 63.2 cm³/mol. The Balaban J connectivity index is 1.94. The largest absolute Gasteiger partial charge is 0.378 e. The molecule has 4 N–H and O–H groups in total. The first-order valence-corrected chi connectivity index (χ1v) is 5.86. The maximum atomic E-state index is 11.3. The summed E-state index contributed by atoms with van der Waals surface area (Å²) in [6, 6.07) is 0.120. The van der Waals surface area contributed by atoms with Crippen molar-refractivity contribution in [3.8, 4) is 0 Å². The fourth-order valence-corrected chi connectivity index (χ4v) is 1.94. The molecular weight excluding hydrogens is 222 g/mol. The highest BCUT2D eigenvalue weighted by molar-refractivity contribution is 5.80. The number of nitrogens with zero attached hydrogens (tertiary/aromatic N) is 2. The zero-order chi connectivity index (χ0) is 12.3. The summed E-state index contributed by atoms with van der Waals surface area (Å²) in [7, 11) is 0. The van der Waals surface area contributed by atoms with E-state index in [0.29, 0.717) is 25.6 Å². The fraction of sp³-hybridized carbons (Fsp3) is 0.800. The van der Waals surface area contributed by atoms with Gasteiger partial charge in [0.1, 0.15) is 0 Å². The molecule has 0 aromatic rings. The summed E-state index contributed by atoms with van der Waals surface area (Å²) < 4.78 is 5.24. The molecule has 2 atom stereocenters. The second-order valence-electron chi connectivity index (χ2n) is 4.33. The number of nitrogens with two attached hydrogens (primary N) is 1. The molecule has 0 spiro atoms. The van der Waals surface area contributed by atoms with E-state index >= 15 is 0 Å². The van der Waals surface area contributed by atoms with Gasteiger partial charge < -0.3 is 20.7 Å². The van der Waals surface area contributed by atoms with E-state index in [1.54, 1.807) is 0 Å². The zero-order valence-electron chi connectivity index (χ0n) is 9.98. The fourth-order valence-electron chi connectivity index (χ4n) is 1.94. The average molecular weight is 241 g/mol. The molecule has 0 saturated carbocycles. The van der Waals surface area contributed by atoms with Crippen molar-refractivity contribution in [2.45, 2.75) is 25.7 Å². The quantitative estimate of drug-likeness (QED) is 0.380. The van der Waals surface area contributed by atoms with E-state index in [4.69, 9.17) is 10.5 Å². The van der Waals surface area contributed by atoms with Crippen molar-refractivity contribution in [2.24, 2.45) is 10.7 Å². The summed E-state index contributed by atoms with van der Waals surface area (Å²) in [6.45, 7) is 4.76. The minimum Gasteiger partial charge on any atom is -0.378 e. The summed E-state index contributed by atoms with van der Waals surface area (Å²) in [5.41, 5.74) is 5.90. The van der Waals surface area contributed by atoms with E-state index in [1.807, 2.05) is 11.8 Å². The number of carbonyl (C=O) groups is 1. The second kappa shape index (κ2) is 5.33. The van der Waals surface area contributed by atoms with Crippen LogP contribution in [0, 0.1) is 0 Å². The Kier molecular flexibility index (Phi) is 3.80. The maximum absolute atomic E-state index is 11.3. The number of hydrogen-bond donors (Lipinski definition) is 3. The Bertz CT molecular complexity index is 314. The lowest BCUT2D eigenvalue weighted by Gasteiger charge is -2.31. The summed E-state index contributed by atoms with van der Waals surface area (Å²) in [4.78, 5) is 17.6. The molecule has 96 valence electrons. The second-order valence-corrected chi connectivity index (χ2v) is 4.33. The van der Waals surface area contributed by atoms with Crippen LogP contribution in [0.5, 0.6) is 0 Å². The van der Waals surface area contributed by atoms with Crippen LogP contribution < -0.4 is 16.4 Å². The highest BCUT2D eigenvalue weighted by Crippen LogP contribution is 2.02. The standard InChI is InChI=1S/C10H19N5O2/c1-7-6-8(16)13-10(12-7)14-9(11)15-2-4-17-5-3-15/h7,10,12H,2-6H2,1H3,(H2,11,14)(H,13,16). The van der Waals surface area contributed by atoms with Crippen LogP contribution in [-0.4, -0.2) is 55.4 Å². The molecule has 0 aliphatic carbocycles. The third kappa shape index (κ3) is 3.31. The molecule has 2 aliphatic heterocycles. The normalized spacial score (nSPS) is 31.2. The number of carbonyl (C=O) groups excluding carboxylic acids is 1. The number of aliphatic imine (C=N–C) groups is 1. The third-order valence-electron chi connectivity index (χ3n) is 2.83. The number of hydrogen-bond acceptors (Lipinski definition) is 4. The minimum absolute atomic E-state index is 0.000206. The number of ether oxygens (including phenoxy) is 1. The van der Waals surface area contributed by atoms with Gasteiger partial charge in [-0.3, -0.25) is 10.1 Å². The topological polar surface area (TPSA) is 92.0 Å². The van der Waals surface area contributed by atoms with Crippen molar-refractivity contribution in [1.29, 1.82) is 0 Å². The van der Waals surface area contributed by atoms with Gasteiger partial charge in [-0.15, -0.1) is 0 Å². The molecular formula is C10H19N5O2. The lowest BCUT2D eigenvalue weighted by atomic mass is 10.2. The Morgan fingerprint density at radius 3 is 2.88 bits per heavy atom. The number of morpholine rings is 1. The molecule has 2 saturated heterocycles. The number of guanidine groups is 1. The Morgan fingerprint density at radius 1 is 1.53 bits per heavy atom. The van der Waals surface area contributed by atoms with Gasteiger partial charge >= 0.3 is 0 Å². The Hall–Kier alpha value is -1.34. The average Bonchev–Trinajstić information content (AvgIpc) is 2.28. The zero-order valence-corrected chi connectivity index (χ0v) is 9.98. The Morgan fingerprint density at radius 2 is 2.24 bits per heavy atom. The van der Waals surface area contributed by atoms with E-state index in [9.17, 15) is 4.79 Å². The van der Waals surface area contributed by atoms with Gasteiger partial charge in [0.25, 0.3) is 0 Å². The molecule has 7 nitrogen and oxygen atoms in total. The SMILES string of the molecule is CC1CC(=O)NC(/N=C(\N)N2CCOCC2)N1. The highest BCUT2D eigenvalue weighted by atomic mass is 16.5. The van der Waals surface area contributed by atoms with Crippen molar-refractivity contribution in [3.05, 3.63) is 0 Å². The van der Waals surface area contributed by atoms with Gasteiger partial charge in [0.2, 0.25) is 5.91 Å². The van der Waals surface area contributed by atoms with Gasteiger partial charge in [-0.2, -0.15) is 0 Å². The number of nitrogens with one attached hydrogen (secondary N) is 2. The molecule has 0 radical (unpaired) electrons. The highest BCUT2D eigenvalue weighted by Gasteiger charge is 2.23. The van der Waals surface area contributed by atoms with Gasteiger partial charge in [0.05, 0.1) is 13.2 Å². The van der Waals surface area contributed by atoms with Crippen molar-refractivity contribution >= 4 is 11.9 Å². The molecule has 0 aromatic carbocycles. The summed E-state index contributed by atoms with van der Waals surface area (Å²) >= 11 is 0. The number of amides is 1. The lowest BCUT2D eigenvalue weighted by Crippen LogP contribution is -2.56.